The van der Waals surface area contributed by atoms with Crippen LogP contribution in [0.25, 0.3) is 0 Å². The molecule has 4 nitrogen and oxygen atoms in total. The van der Waals surface area contributed by atoms with Crippen LogP contribution in [0.1, 0.15) is 11.1 Å². The van der Waals surface area contributed by atoms with Gasteiger partial charge in [0, 0.05) is 12.6 Å². The van der Waals surface area contributed by atoms with Crippen molar-refractivity contribution in [2.24, 2.45) is 0 Å². The van der Waals surface area contributed by atoms with Crippen LogP contribution in [0, 0.1) is 11.3 Å². The summed E-state index contributed by atoms with van der Waals surface area (Å²) in [6.45, 7) is 0.655. The summed E-state index contributed by atoms with van der Waals surface area (Å²) in [4.78, 5) is 0. The summed E-state index contributed by atoms with van der Waals surface area (Å²) >= 11 is 0. The quantitative estimate of drug-likeness (QED) is 0.822. The molecule has 0 radical (unpaired) electrons. The number of nitrogens with zero attached hydrogens (tertiary/aromatic N) is 1. The number of benzene rings is 2. The molecule has 19 heavy (non-hydrogen) atoms. The molecule has 0 aromatic heterocycles. The third-order valence-electron chi connectivity index (χ3n) is 2.82. The number of nitrogens with two attached hydrogens (primary N) is 1. The van der Waals surface area contributed by atoms with Gasteiger partial charge in [-0.05, 0) is 29.8 Å². The second-order valence-electron chi connectivity index (χ2n) is 4.12. The molecule has 2 aromatic carbocycles. The molecule has 0 unspecified atom stereocenters. The molecule has 0 bridgehead atoms. The molecule has 0 aliphatic heterocycles. The number of hydrogen-bond acceptors (Lipinski definition) is 4. The molecule has 4 heteroatoms. The van der Waals surface area contributed by atoms with Crippen LogP contribution in [0.2, 0.25) is 0 Å². The van der Waals surface area contributed by atoms with E-state index in [1.165, 1.54) is 0 Å². The Hall–Kier alpha value is -2.67. The molecule has 0 fully saturated rings. The maximum absolute atomic E-state index is 8.73. The lowest BCUT2D eigenvalue weighted by molar-refractivity contribution is 0.415. The zero-order valence-electron chi connectivity index (χ0n) is 10.7. The van der Waals surface area contributed by atoms with Gasteiger partial charge in [0.15, 0.2) is 0 Å². The van der Waals surface area contributed by atoms with Crippen LogP contribution >= 0.6 is 0 Å². The summed E-state index contributed by atoms with van der Waals surface area (Å²) in [6, 6.07) is 15.1. The van der Waals surface area contributed by atoms with E-state index in [4.69, 9.17) is 15.7 Å². The van der Waals surface area contributed by atoms with Gasteiger partial charge < -0.3 is 15.8 Å². The zero-order valence-corrected chi connectivity index (χ0v) is 10.7. The van der Waals surface area contributed by atoms with E-state index in [0.717, 1.165) is 17.0 Å². The first kappa shape index (κ1) is 12.8. The van der Waals surface area contributed by atoms with Crippen molar-refractivity contribution in [3.8, 4) is 11.8 Å². The maximum Gasteiger partial charge on any atom is 0.121 e. The maximum atomic E-state index is 8.73. The van der Waals surface area contributed by atoms with Crippen molar-refractivity contribution in [1.29, 1.82) is 5.26 Å². The summed E-state index contributed by atoms with van der Waals surface area (Å²) in [5, 5.41) is 12.0. The van der Waals surface area contributed by atoms with Crippen LogP contribution in [-0.2, 0) is 6.54 Å². The molecular weight excluding hydrogens is 238 g/mol. The first-order chi connectivity index (χ1) is 9.22. The number of anilines is 2. The topological polar surface area (TPSA) is 71.1 Å². The van der Waals surface area contributed by atoms with E-state index in [1.54, 1.807) is 25.3 Å². The standard InChI is InChI=1S/C15H15N3O/c1-19-13-6-7-15(14(17)8-13)18-10-12-4-2-11(9-16)3-5-12/h2-8,18H,10,17H2,1H3. The Kier molecular flexibility index (Phi) is 3.89. The Morgan fingerprint density at radius 3 is 2.53 bits per heavy atom. The summed E-state index contributed by atoms with van der Waals surface area (Å²) in [6.07, 6.45) is 0. The number of ether oxygens (including phenoxy) is 1. The lowest BCUT2D eigenvalue weighted by Gasteiger charge is -2.10. The zero-order chi connectivity index (χ0) is 13.7. The average Bonchev–Trinajstić information content (AvgIpc) is 2.46. The first-order valence-corrected chi connectivity index (χ1v) is 5.89. The fourth-order valence-corrected chi connectivity index (χ4v) is 1.72. The van der Waals surface area contributed by atoms with Crippen LogP contribution in [0.5, 0.6) is 5.75 Å². The van der Waals surface area contributed by atoms with E-state index in [2.05, 4.69) is 11.4 Å². The molecule has 96 valence electrons. The summed E-state index contributed by atoms with van der Waals surface area (Å²) in [5.74, 6) is 0.737. The van der Waals surface area contributed by atoms with E-state index in [1.807, 2.05) is 24.3 Å². The van der Waals surface area contributed by atoms with E-state index < -0.39 is 0 Å². The van der Waals surface area contributed by atoms with Crippen molar-refractivity contribution >= 4 is 11.4 Å². The SMILES string of the molecule is COc1ccc(NCc2ccc(C#N)cc2)c(N)c1. The highest BCUT2D eigenvalue weighted by atomic mass is 16.5. The molecule has 0 saturated heterocycles. The minimum atomic E-state index is 0.646. The Balaban J connectivity index is 2.04. The number of hydrogen-bond donors (Lipinski definition) is 2. The van der Waals surface area contributed by atoms with Crippen molar-refractivity contribution in [3.63, 3.8) is 0 Å². The van der Waals surface area contributed by atoms with Gasteiger partial charge in [-0.2, -0.15) is 5.26 Å². The van der Waals surface area contributed by atoms with Crippen LogP contribution < -0.4 is 15.8 Å². The fraction of sp³-hybridized carbons (Fsp3) is 0.133. The van der Waals surface area contributed by atoms with Crippen molar-refractivity contribution in [3.05, 3.63) is 53.6 Å². The van der Waals surface area contributed by atoms with Gasteiger partial charge in [-0.1, -0.05) is 12.1 Å². The third-order valence-corrected chi connectivity index (χ3v) is 2.82. The monoisotopic (exact) mass is 253 g/mol. The predicted molar refractivity (Wildman–Crippen MR) is 75.9 cm³/mol. The fourth-order valence-electron chi connectivity index (χ4n) is 1.72. The highest BCUT2D eigenvalue weighted by Crippen LogP contribution is 2.24. The summed E-state index contributed by atoms with van der Waals surface area (Å²) < 4.78 is 5.10. The highest BCUT2D eigenvalue weighted by Gasteiger charge is 2.01. The molecule has 2 rings (SSSR count). The third kappa shape index (κ3) is 3.17. The molecule has 0 aliphatic carbocycles. The molecule has 0 amide bonds. The van der Waals surface area contributed by atoms with Crippen molar-refractivity contribution in [1.82, 2.24) is 0 Å². The number of methoxy groups -OCH3 is 1. The second kappa shape index (κ2) is 5.78. The molecule has 0 aliphatic rings. The minimum absolute atomic E-state index is 0.646. The van der Waals surface area contributed by atoms with Gasteiger partial charge in [-0.25, -0.2) is 0 Å². The van der Waals surface area contributed by atoms with Gasteiger partial charge in [-0.15, -0.1) is 0 Å². The van der Waals surface area contributed by atoms with Gasteiger partial charge in [0.05, 0.1) is 30.1 Å². The predicted octanol–water partition coefficient (Wildman–Crippen LogP) is 2.76. The minimum Gasteiger partial charge on any atom is -0.497 e. The number of rotatable bonds is 4. The molecule has 0 heterocycles. The molecule has 3 N–H and O–H groups in total. The Bertz CT molecular complexity index is 600. The Labute approximate surface area is 112 Å². The molecule has 0 spiro atoms. The lowest BCUT2D eigenvalue weighted by atomic mass is 10.1. The summed E-state index contributed by atoms with van der Waals surface area (Å²) in [7, 11) is 1.61. The van der Waals surface area contributed by atoms with Crippen LogP contribution in [-0.4, -0.2) is 7.11 Å². The molecule has 0 saturated carbocycles. The van der Waals surface area contributed by atoms with E-state index >= 15 is 0 Å². The number of nitriles is 1. The molecule has 0 atom stereocenters. The van der Waals surface area contributed by atoms with Gasteiger partial charge in [0.1, 0.15) is 5.75 Å². The van der Waals surface area contributed by atoms with Gasteiger partial charge in [0.25, 0.3) is 0 Å². The van der Waals surface area contributed by atoms with Crippen LogP contribution in [0.4, 0.5) is 11.4 Å². The van der Waals surface area contributed by atoms with Crippen molar-refractivity contribution < 1.29 is 4.74 Å². The number of nitrogen functional groups attached to an aromatic ring is 1. The normalized spacial score (nSPS) is 9.68. The van der Waals surface area contributed by atoms with Gasteiger partial charge >= 0.3 is 0 Å². The molecular formula is C15H15N3O. The Morgan fingerprint density at radius 2 is 1.95 bits per heavy atom. The first-order valence-electron chi connectivity index (χ1n) is 5.89. The number of nitrogens with one attached hydrogen (secondary N) is 1. The van der Waals surface area contributed by atoms with Crippen molar-refractivity contribution in [2.45, 2.75) is 6.54 Å². The van der Waals surface area contributed by atoms with Crippen LogP contribution in [0.15, 0.2) is 42.5 Å². The largest absolute Gasteiger partial charge is 0.497 e. The highest BCUT2D eigenvalue weighted by molar-refractivity contribution is 5.68. The van der Waals surface area contributed by atoms with Crippen molar-refractivity contribution in [2.75, 3.05) is 18.2 Å². The lowest BCUT2D eigenvalue weighted by Crippen LogP contribution is -2.02. The summed E-state index contributed by atoms with van der Waals surface area (Å²) in [5.41, 5.74) is 9.19. The van der Waals surface area contributed by atoms with Gasteiger partial charge in [0.2, 0.25) is 0 Å². The van der Waals surface area contributed by atoms with Gasteiger partial charge in [-0.3, -0.25) is 0 Å². The van der Waals surface area contributed by atoms with Crippen LogP contribution in [0.3, 0.4) is 0 Å². The van der Waals surface area contributed by atoms with E-state index in [-0.39, 0.29) is 0 Å². The van der Waals surface area contributed by atoms with E-state index in [9.17, 15) is 0 Å². The smallest absolute Gasteiger partial charge is 0.121 e. The van der Waals surface area contributed by atoms with E-state index in [0.29, 0.717) is 17.8 Å². The second-order valence-corrected chi connectivity index (χ2v) is 4.12. The average molecular weight is 253 g/mol. The molecule has 2 aromatic rings. The Morgan fingerprint density at radius 1 is 1.21 bits per heavy atom.